The topological polar surface area (TPSA) is 44.4 Å². The minimum absolute atomic E-state index is 0.0624. The summed E-state index contributed by atoms with van der Waals surface area (Å²) in [4.78, 5) is 14.2. The van der Waals surface area contributed by atoms with Gasteiger partial charge in [-0.1, -0.05) is 13.8 Å². The van der Waals surface area contributed by atoms with Crippen LogP contribution in [0.4, 0.5) is 0 Å². The van der Waals surface area contributed by atoms with Crippen LogP contribution >= 0.6 is 0 Å². The predicted octanol–water partition coefficient (Wildman–Crippen LogP) is 1.37. The van der Waals surface area contributed by atoms with Gasteiger partial charge >= 0.3 is 0 Å². The molecule has 1 fully saturated rings. The molecular formula is C14H29N3O. The van der Waals surface area contributed by atoms with Crippen LogP contribution in [0.15, 0.2) is 0 Å². The minimum Gasteiger partial charge on any atom is -0.355 e. The van der Waals surface area contributed by atoms with Crippen LogP contribution in [0.5, 0.6) is 0 Å². The molecule has 1 saturated heterocycles. The van der Waals surface area contributed by atoms with Gasteiger partial charge in [0, 0.05) is 6.54 Å². The highest BCUT2D eigenvalue weighted by atomic mass is 16.2. The lowest BCUT2D eigenvalue weighted by Gasteiger charge is -2.21. The molecule has 0 bridgehead atoms. The zero-order valence-electron chi connectivity index (χ0n) is 12.0. The third-order valence-electron chi connectivity index (χ3n) is 3.41. The van der Waals surface area contributed by atoms with Crippen LogP contribution in [0.3, 0.4) is 0 Å². The summed E-state index contributed by atoms with van der Waals surface area (Å²) >= 11 is 0. The number of nitrogens with one attached hydrogen (secondary N) is 2. The fraction of sp³-hybridized carbons (Fsp3) is 0.929. The second kappa shape index (κ2) is 9.34. The monoisotopic (exact) mass is 255 g/mol. The highest BCUT2D eigenvalue weighted by molar-refractivity contribution is 5.81. The standard InChI is InChI=1S/C14H29N3O/c1-3-10-17(11-4-2)12-6-9-16-14(18)13-7-5-8-15-13/h13,15H,3-12H2,1-2H3,(H,16,18)/t13-/m0/s1. The second-order valence-corrected chi connectivity index (χ2v) is 5.14. The lowest BCUT2D eigenvalue weighted by molar-refractivity contribution is -0.122. The molecule has 1 rings (SSSR count). The number of hydrogen-bond acceptors (Lipinski definition) is 3. The first kappa shape index (κ1) is 15.4. The molecule has 106 valence electrons. The van der Waals surface area contributed by atoms with Crippen LogP contribution in [0, 0.1) is 0 Å². The number of nitrogens with zero attached hydrogens (tertiary/aromatic N) is 1. The average molecular weight is 255 g/mol. The van der Waals surface area contributed by atoms with E-state index < -0.39 is 0 Å². The molecule has 0 spiro atoms. The third-order valence-corrected chi connectivity index (χ3v) is 3.41. The van der Waals surface area contributed by atoms with E-state index in [9.17, 15) is 4.79 Å². The largest absolute Gasteiger partial charge is 0.355 e. The molecule has 0 radical (unpaired) electrons. The quantitative estimate of drug-likeness (QED) is 0.612. The Hall–Kier alpha value is -0.610. The maximum Gasteiger partial charge on any atom is 0.237 e. The van der Waals surface area contributed by atoms with Gasteiger partial charge in [-0.25, -0.2) is 0 Å². The van der Waals surface area contributed by atoms with Crippen molar-refractivity contribution in [1.29, 1.82) is 0 Å². The number of rotatable bonds is 9. The fourth-order valence-corrected chi connectivity index (χ4v) is 2.51. The lowest BCUT2D eigenvalue weighted by Crippen LogP contribution is -2.41. The zero-order chi connectivity index (χ0) is 13.2. The van der Waals surface area contributed by atoms with E-state index in [0.29, 0.717) is 0 Å². The van der Waals surface area contributed by atoms with Crippen molar-refractivity contribution in [3.05, 3.63) is 0 Å². The molecule has 4 nitrogen and oxygen atoms in total. The van der Waals surface area contributed by atoms with E-state index in [1.807, 2.05) is 0 Å². The zero-order valence-corrected chi connectivity index (χ0v) is 12.0. The molecule has 0 aromatic rings. The van der Waals surface area contributed by atoms with Crippen molar-refractivity contribution in [3.8, 4) is 0 Å². The Morgan fingerprint density at radius 1 is 1.28 bits per heavy atom. The van der Waals surface area contributed by atoms with Gasteiger partial charge in [0.2, 0.25) is 5.91 Å². The Kier molecular flexibility index (Phi) is 8.01. The normalized spacial score (nSPS) is 19.4. The Labute approximate surface area is 111 Å². The van der Waals surface area contributed by atoms with Crippen LogP contribution in [0.25, 0.3) is 0 Å². The molecular weight excluding hydrogens is 226 g/mol. The van der Waals surface area contributed by atoms with Gasteiger partial charge in [0.1, 0.15) is 0 Å². The van der Waals surface area contributed by atoms with Crippen molar-refractivity contribution in [1.82, 2.24) is 15.5 Å². The van der Waals surface area contributed by atoms with Crippen LogP contribution in [0.2, 0.25) is 0 Å². The summed E-state index contributed by atoms with van der Waals surface area (Å²) in [6, 6.07) is 0.0624. The molecule has 1 aliphatic heterocycles. The Bertz CT molecular complexity index is 221. The summed E-state index contributed by atoms with van der Waals surface area (Å²) in [5, 5.41) is 6.26. The summed E-state index contributed by atoms with van der Waals surface area (Å²) in [5.41, 5.74) is 0. The van der Waals surface area contributed by atoms with E-state index in [1.165, 1.54) is 25.9 Å². The van der Waals surface area contributed by atoms with Crippen molar-refractivity contribution in [2.75, 3.05) is 32.7 Å². The Morgan fingerprint density at radius 2 is 2.00 bits per heavy atom. The first-order chi connectivity index (χ1) is 8.77. The van der Waals surface area contributed by atoms with Gasteiger partial charge in [-0.3, -0.25) is 4.79 Å². The molecule has 1 heterocycles. The van der Waals surface area contributed by atoms with E-state index in [0.717, 1.165) is 38.9 Å². The van der Waals surface area contributed by atoms with E-state index in [4.69, 9.17) is 0 Å². The smallest absolute Gasteiger partial charge is 0.237 e. The van der Waals surface area contributed by atoms with Crippen molar-refractivity contribution in [3.63, 3.8) is 0 Å². The van der Waals surface area contributed by atoms with Crippen molar-refractivity contribution in [2.24, 2.45) is 0 Å². The predicted molar refractivity (Wildman–Crippen MR) is 75.7 cm³/mol. The number of carbonyl (C=O) groups is 1. The van der Waals surface area contributed by atoms with Gasteiger partial charge in [-0.15, -0.1) is 0 Å². The first-order valence-corrected chi connectivity index (χ1v) is 7.51. The maximum atomic E-state index is 11.8. The van der Waals surface area contributed by atoms with Crippen LogP contribution in [0.1, 0.15) is 46.0 Å². The third kappa shape index (κ3) is 5.83. The molecule has 1 amide bonds. The molecule has 2 N–H and O–H groups in total. The van der Waals surface area contributed by atoms with Gasteiger partial charge in [-0.2, -0.15) is 0 Å². The van der Waals surface area contributed by atoms with Crippen molar-refractivity contribution in [2.45, 2.75) is 52.0 Å². The molecule has 0 aromatic heterocycles. The highest BCUT2D eigenvalue weighted by Gasteiger charge is 2.21. The Morgan fingerprint density at radius 3 is 2.56 bits per heavy atom. The van der Waals surface area contributed by atoms with Crippen molar-refractivity contribution >= 4 is 5.91 Å². The van der Waals surface area contributed by atoms with E-state index in [1.54, 1.807) is 0 Å². The summed E-state index contributed by atoms with van der Waals surface area (Å²) in [7, 11) is 0. The molecule has 0 unspecified atom stereocenters. The van der Waals surface area contributed by atoms with Crippen LogP contribution in [-0.2, 0) is 4.79 Å². The van der Waals surface area contributed by atoms with E-state index >= 15 is 0 Å². The molecule has 1 atom stereocenters. The van der Waals surface area contributed by atoms with Gasteiger partial charge in [-0.05, 0) is 58.3 Å². The van der Waals surface area contributed by atoms with E-state index in [-0.39, 0.29) is 11.9 Å². The van der Waals surface area contributed by atoms with Crippen molar-refractivity contribution < 1.29 is 4.79 Å². The highest BCUT2D eigenvalue weighted by Crippen LogP contribution is 2.04. The number of amides is 1. The molecule has 0 aliphatic carbocycles. The minimum atomic E-state index is 0.0624. The van der Waals surface area contributed by atoms with Gasteiger partial charge in [0.15, 0.2) is 0 Å². The first-order valence-electron chi connectivity index (χ1n) is 7.51. The second-order valence-electron chi connectivity index (χ2n) is 5.14. The number of carbonyl (C=O) groups excluding carboxylic acids is 1. The molecule has 18 heavy (non-hydrogen) atoms. The molecule has 4 heteroatoms. The summed E-state index contributed by atoms with van der Waals surface area (Å²) in [6.07, 6.45) is 5.58. The maximum absolute atomic E-state index is 11.8. The molecule has 0 aromatic carbocycles. The fourth-order valence-electron chi connectivity index (χ4n) is 2.51. The SMILES string of the molecule is CCCN(CCC)CCCNC(=O)[C@@H]1CCCN1. The van der Waals surface area contributed by atoms with Crippen LogP contribution in [-0.4, -0.2) is 49.6 Å². The van der Waals surface area contributed by atoms with Gasteiger partial charge in [0.05, 0.1) is 6.04 Å². The summed E-state index contributed by atoms with van der Waals surface area (Å²) in [5.74, 6) is 0.185. The summed E-state index contributed by atoms with van der Waals surface area (Å²) < 4.78 is 0. The average Bonchev–Trinajstić information content (AvgIpc) is 2.88. The Balaban J connectivity index is 2.07. The summed E-state index contributed by atoms with van der Waals surface area (Å²) in [6.45, 7) is 9.67. The molecule has 0 saturated carbocycles. The van der Waals surface area contributed by atoms with Gasteiger partial charge in [0.25, 0.3) is 0 Å². The lowest BCUT2D eigenvalue weighted by atomic mass is 10.2. The van der Waals surface area contributed by atoms with Gasteiger partial charge < -0.3 is 15.5 Å². The number of hydrogen-bond donors (Lipinski definition) is 2. The van der Waals surface area contributed by atoms with E-state index in [2.05, 4.69) is 29.4 Å². The molecule has 1 aliphatic rings. The van der Waals surface area contributed by atoms with Crippen LogP contribution < -0.4 is 10.6 Å².